The molecular formula is C17H21N3O3. The van der Waals surface area contributed by atoms with Gasteiger partial charge in [-0.25, -0.2) is 0 Å². The molecule has 6 heteroatoms. The summed E-state index contributed by atoms with van der Waals surface area (Å²) >= 11 is 0. The van der Waals surface area contributed by atoms with E-state index >= 15 is 0 Å². The number of rotatable bonds is 5. The number of likely N-dealkylation sites (tertiary alicyclic amines) is 1. The van der Waals surface area contributed by atoms with Crippen molar-refractivity contribution in [2.75, 3.05) is 18.4 Å². The molecule has 0 spiro atoms. The zero-order valence-corrected chi connectivity index (χ0v) is 13.2. The Labute approximate surface area is 135 Å². The van der Waals surface area contributed by atoms with E-state index in [-0.39, 0.29) is 23.6 Å². The number of hydrogen-bond acceptors (Lipinski definition) is 4. The minimum absolute atomic E-state index is 0.0178. The monoisotopic (exact) mass is 315 g/mol. The van der Waals surface area contributed by atoms with Gasteiger partial charge in [0.05, 0.1) is 6.54 Å². The number of imide groups is 1. The molecule has 3 rings (SSSR count). The van der Waals surface area contributed by atoms with Crippen LogP contribution in [0.4, 0.5) is 5.69 Å². The molecule has 2 saturated heterocycles. The van der Waals surface area contributed by atoms with E-state index in [1.807, 2.05) is 31.2 Å². The van der Waals surface area contributed by atoms with Gasteiger partial charge < -0.3 is 10.6 Å². The Kier molecular flexibility index (Phi) is 4.43. The first kappa shape index (κ1) is 15.7. The van der Waals surface area contributed by atoms with E-state index < -0.39 is 0 Å². The molecule has 1 aromatic rings. The zero-order chi connectivity index (χ0) is 16.4. The van der Waals surface area contributed by atoms with Gasteiger partial charge in [-0.1, -0.05) is 19.1 Å². The number of amides is 3. The molecule has 23 heavy (non-hydrogen) atoms. The van der Waals surface area contributed by atoms with Crippen molar-refractivity contribution >= 4 is 23.4 Å². The fourth-order valence-electron chi connectivity index (χ4n) is 2.81. The third-order valence-electron chi connectivity index (χ3n) is 4.65. The summed E-state index contributed by atoms with van der Waals surface area (Å²) in [6, 6.07) is 7.29. The Morgan fingerprint density at radius 3 is 2.35 bits per heavy atom. The van der Waals surface area contributed by atoms with Crippen molar-refractivity contribution in [2.45, 2.75) is 26.3 Å². The lowest BCUT2D eigenvalue weighted by molar-refractivity contribution is -0.139. The topological polar surface area (TPSA) is 78.5 Å². The number of nitrogens with zero attached hydrogens (tertiary/aromatic N) is 1. The molecule has 1 aromatic carbocycles. The number of benzene rings is 1. The van der Waals surface area contributed by atoms with Crippen LogP contribution < -0.4 is 10.6 Å². The van der Waals surface area contributed by atoms with E-state index in [2.05, 4.69) is 10.6 Å². The van der Waals surface area contributed by atoms with Gasteiger partial charge in [0.25, 0.3) is 0 Å². The molecule has 2 aliphatic rings. The van der Waals surface area contributed by atoms with Crippen LogP contribution in [0.2, 0.25) is 0 Å². The van der Waals surface area contributed by atoms with E-state index in [0.717, 1.165) is 24.3 Å². The second kappa shape index (κ2) is 6.50. The van der Waals surface area contributed by atoms with Crippen LogP contribution in [-0.2, 0) is 20.9 Å². The lowest BCUT2D eigenvalue weighted by Crippen LogP contribution is -2.48. The quantitative estimate of drug-likeness (QED) is 0.799. The fourth-order valence-corrected chi connectivity index (χ4v) is 2.81. The van der Waals surface area contributed by atoms with Gasteiger partial charge in [0, 0.05) is 24.4 Å². The minimum Gasteiger partial charge on any atom is -0.326 e. The Morgan fingerprint density at radius 2 is 1.83 bits per heavy atom. The van der Waals surface area contributed by atoms with Gasteiger partial charge in [-0.3, -0.25) is 19.3 Å². The molecule has 122 valence electrons. The fraction of sp³-hybridized carbons (Fsp3) is 0.471. The van der Waals surface area contributed by atoms with Gasteiger partial charge in [0.2, 0.25) is 17.7 Å². The second-order valence-corrected chi connectivity index (χ2v) is 6.27. The largest absolute Gasteiger partial charge is 0.326 e. The number of hydrogen-bond donors (Lipinski definition) is 2. The molecule has 2 heterocycles. The van der Waals surface area contributed by atoms with E-state index in [1.165, 1.54) is 4.90 Å². The molecule has 0 saturated carbocycles. The molecule has 0 radical (unpaired) electrons. The Hall–Kier alpha value is -2.21. The van der Waals surface area contributed by atoms with Crippen LogP contribution in [0.3, 0.4) is 0 Å². The molecule has 2 fully saturated rings. The Balaban J connectivity index is 1.57. The molecule has 0 aromatic heterocycles. The molecular weight excluding hydrogens is 294 g/mol. The molecule has 0 bridgehead atoms. The van der Waals surface area contributed by atoms with Gasteiger partial charge >= 0.3 is 0 Å². The van der Waals surface area contributed by atoms with Crippen molar-refractivity contribution < 1.29 is 14.4 Å². The highest BCUT2D eigenvalue weighted by atomic mass is 16.2. The van der Waals surface area contributed by atoms with E-state index in [1.54, 1.807) is 0 Å². The molecule has 2 N–H and O–H groups in total. The van der Waals surface area contributed by atoms with Crippen molar-refractivity contribution in [3.8, 4) is 0 Å². The summed E-state index contributed by atoms with van der Waals surface area (Å²) in [7, 11) is 0. The molecule has 2 aliphatic heterocycles. The van der Waals surface area contributed by atoms with Gasteiger partial charge in [0.1, 0.15) is 0 Å². The predicted molar refractivity (Wildman–Crippen MR) is 85.4 cm³/mol. The molecule has 6 nitrogen and oxygen atoms in total. The van der Waals surface area contributed by atoms with Crippen LogP contribution in [-0.4, -0.2) is 35.7 Å². The van der Waals surface area contributed by atoms with Crippen molar-refractivity contribution in [2.24, 2.45) is 11.8 Å². The van der Waals surface area contributed by atoms with Gasteiger partial charge in [0.15, 0.2) is 0 Å². The summed E-state index contributed by atoms with van der Waals surface area (Å²) < 4.78 is 0. The van der Waals surface area contributed by atoms with Gasteiger partial charge in [-0.15, -0.1) is 0 Å². The van der Waals surface area contributed by atoms with Crippen LogP contribution >= 0.6 is 0 Å². The number of anilines is 1. The summed E-state index contributed by atoms with van der Waals surface area (Å²) in [6.45, 7) is 4.03. The van der Waals surface area contributed by atoms with E-state index in [0.29, 0.717) is 25.3 Å². The Bertz CT molecular complexity index is 606. The number of nitrogens with one attached hydrogen (secondary N) is 2. The maximum atomic E-state index is 12.2. The predicted octanol–water partition coefficient (Wildman–Crippen LogP) is 1.13. The number of carbonyl (C=O) groups excluding carboxylic acids is 3. The smallest absolute Gasteiger partial charge is 0.229 e. The highest BCUT2D eigenvalue weighted by Gasteiger charge is 2.29. The Morgan fingerprint density at radius 1 is 1.22 bits per heavy atom. The van der Waals surface area contributed by atoms with Gasteiger partial charge in [-0.2, -0.15) is 0 Å². The average molecular weight is 315 g/mol. The van der Waals surface area contributed by atoms with E-state index in [4.69, 9.17) is 0 Å². The molecule has 1 unspecified atom stereocenters. The van der Waals surface area contributed by atoms with Crippen LogP contribution in [0.15, 0.2) is 24.3 Å². The lowest BCUT2D eigenvalue weighted by Gasteiger charge is -2.31. The third-order valence-corrected chi connectivity index (χ3v) is 4.65. The van der Waals surface area contributed by atoms with Crippen molar-refractivity contribution in [1.29, 1.82) is 0 Å². The van der Waals surface area contributed by atoms with Crippen molar-refractivity contribution in [1.82, 2.24) is 10.2 Å². The first-order valence-electron chi connectivity index (χ1n) is 7.98. The average Bonchev–Trinajstić information content (AvgIpc) is 2.79. The summed E-state index contributed by atoms with van der Waals surface area (Å²) in [5.41, 5.74) is 1.61. The minimum atomic E-state index is -0.115. The first-order chi connectivity index (χ1) is 11.0. The van der Waals surface area contributed by atoms with E-state index in [9.17, 15) is 14.4 Å². The normalized spacial score (nSPS) is 19.6. The van der Waals surface area contributed by atoms with Crippen molar-refractivity contribution in [3.05, 3.63) is 29.8 Å². The van der Waals surface area contributed by atoms with Crippen LogP contribution in [0.25, 0.3) is 0 Å². The van der Waals surface area contributed by atoms with Gasteiger partial charge in [-0.05, 0) is 36.7 Å². The molecule has 3 amide bonds. The summed E-state index contributed by atoms with van der Waals surface area (Å²) in [5.74, 6) is 0.178. The molecule has 1 atom stereocenters. The maximum absolute atomic E-state index is 12.2. The van der Waals surface area contributed by atoms with Crippen molar-refractivity contribution in [3.63, 3.8) is 0 Å². The summed E-state index contributed by atoms with van der Waals surface area (Å²) in [6.07, 6.45) is 0.613. The summed E-state index contributed by atoms with van der Waals surface area (Å²) in [4.78, 5) is 36.7. The molecule has 0 aliphatic carbocycles. The standard InChI is InChI=1S/C17H21N3O3/c1-11(13-8-18-9-13)17(23)19-14-4-2-12(3-5-14)10-20-15(21)6-7-16(20)22/h2-5,11,13,18H,6-10H2,1H3,(H,19,23). The SMILES string of the molecule is CC(C(=O)Nc1ccc(CN2C(=O)CCC2=O)cc1)C1CNC1. The van der Waals surface area contributed by atoms with Crippen LogP contribution in [0.5, 0.6) is 0 Å². The highest BCUT2D eigenvalue weighted by molar-refractivity contribution is 6.01. The van der Waals surface area contributed by atoms with Crippen LogP contribution in [0, 0.1) is 11.8 Å². The number of carbonyl (C=O) groups is 3. The summed E-state index contributed by atoms with van der Waals surface area (Å²) in [5, 5.41) is 6.09. The third kappa shape index (κ3) is 3.42. The second-order valence-electron chi connectivity index (χ2n) is 6.27. The zero-order valence-electron chi connectivity index (χ0n) is 13.2. The maximum Gasteiger partial charge on any atom is 0.229 e. The van der Waals surface area contributed by atoms with Crippen LogP contribution in [0.1, 0.15) is 25.3 Å². The highest BCUT2D eigenvalue weighted by Crippen LogP contribution is 2.20. The first-order valence-corrected chi connectivity index (χ1v) is 7.98. The lowest BCUT2D eigenvalue weighted by atomic mass is 9.88.